The molecule has 1 N–H and O–H groups in total. The lowest BCUT2D eigenvalue weighted by molar-refractivity contribution is -0.135. The highest BCUT2D eigenvalue weighted by Gasteiger charge is 2.21. The van der Waals surface area contributed by atoms with Crippen LogP contribution in [0.15, 0.2) is 30.3 Å². The van der Waals surface area contributed by atoms with E-state index in [9.17, 15) is 4.79 Å². The van der Waals surface area contributed by atoms with Crippen LogP contribution >= 0.6 is 12.4 Å². The summed E-state index contributed by atoms with van der Waals surface area (Å²) in [7, 11) is 4.05. The molecule has 1 amide bonds. The Morgan fingerprint density at radius 2 is 2.00 bits per heavy atom. The number of rotatable bonds is 7. The van der Waals surface area contributed by atoms with Crippen molar-refractivity contribution in [3.63, 3.8) is 0 Å². The summed E-state index contributed by atoms with van der Waals surface area (Å²) in [6, 6.07) is 10.1. The van der Waals surface area contributed by atoms with E-state index in [4.69, 9.17) is 4.74 Å². The lowest BCUT2D eigenvalue weighted by Gasteiger charge is -2.28. The molecule has 1 aliphatic heterocycles. The van der Waals surface area contributed by atoms with Gasteiger partial charge < -0.3 is 19.9 Å². The first kappa shape index (κ1) is 19.9. The van der Waals surface area contributed by atoms with Crippen LogP contribution in [0.3, 0.4) is 0 Å². The summed E-state index contributed by atoms with van der Waals surface area (Å²) in [6.07, 6.45) is 0.451. The molecule has 0 aromatic heterocycles. The topological polar surface area (TPSA) is 44.8 Å². The summed E-state index contributed by atoms with van der Waals surface area (Å²) in [5, 5.41) is 3.28. The molecule has 0 radical (unpaired) electrons. The first-order valence-corrected chi connectivity index (χ1v) is 7.94. The molecule has 1 unspecified atom stereocenters. The summed E-state index contributed by atoms with van der Waals surface area (Å²) < 4.78 is 5.65. The Morgan fingerprint density at radius 1 is 1.26 bits per heavy atom. The van der Waals surface area contributed by atoms with E-state index in [-0.39, 0.29) is 24.4 Å². The minimum atomic E-state index is -0.00104. The number of hydrogen-bond acceptors (Lipinski definition) is 4. The van der Waals surface area contributed by atoms with E-state index in [1.807, 2.05) is 37.2 Å². The van der Waals surface area contributed by atoms with Crippen molar-refractivity contribution in [2.75, 3.05) is 46.9 Å². The van der Waals surface area contributed by atoms with Gasteiger partial charge >= 0.3 is 0 Å². The SMILES string of the molecule is CN(C)CCN(Cc1ccccc1)C(=O)CC1CNCCO1.Cl. The molecule has 0 aliphatic carbocycles. The number of carbonyl (C=O) groups excluding carboxylic acids is 1. The lowest BCUT2D eigenvalue weighted by Crippen LogP contribution is -2.43. The van der Waals surface area contributed by atoms with Crippen molar-refractivity contribution in [1.82, 2.24) is 15.1 Å². The van der Waals surface area contributed by atoms with Gasteiger partial charge in [0.25, 0.3) is 0 Å². The maximum atomic E-state index is 12.6. The standard InChI is InChI=1S/C17H27N3O2.ClH/c1-19(2)9-10-20(14-15-6-4-3-5-7-15)17(21)12-16-13-18-8-11-22-16;/h3-7,16,18H,8-14H2,1-2H3;1H. The fourth-order valence-electron chi connectivity index (χ4n) is 2.49. The van der Waals surface area contributed by atoms with Crippen molar-refractivity contribution in [2.24, 2.45) is 0 Å². The van der Waals surface area contributed by atoms with Crippen molar-refractivity contribution >= 4 is 18.3 Å². The second-order valence-corrected chi connectivity index (χ2v) is 6.01. The predicted octanol–water partition coefficient (Wildman–Crippen LogP) is 1.38. The molecule has 0 spiro atoms. The van der Waals surface area contributed by atoms with Crippen molar-refractivity contribution in [1.29, 1.82) is 0 Å². The number of nitrogens with zero attached hydrogens (tertiary/aromatic N) is 2. The van der Waals surface area contributed by atoms with Crippen LogP contribution in [-0.2, 0) is 16.1 Å². The predicted molar refractivity (Wildman–Crippen MR) is 94.9 cm³/mol. The van der Waals surface area contributed by atoms with Gasteiger partial charge in [-0.1, -0.05) is 30.3 Å². The van der Waals surface area contributed by atoms with Gasteiger partial charge in [0.2, 0.25) is 5.91 Å². The van der Waals surface area contributed by atoms with E-state index < -0.39 is 0 Å². The summed E-state index contributed by atoms with van der Waals surface area (Å²) in [5.74, 6) is 0.166. The molecule has 5 nitrogen and oxygen atoms in total. The fraction of sp³-hybridized carbons (Fsp3) is 0.588. The monoisotopic (exact) mass is 341 g/mol. The first-order valence-electron chi connectivity index (χ1n) is 7.94. The Bertz CT molecular complexity index is 450. The number of morpholine rings is 1. The van der Waals surface area contributed by atoms with E-state index in [1.165, 1.54) is 0 Å². The summed E-state index contributed by atoms with van der Waals surface area (Å²) >= 11 is 0. The second kappa shape index (κ2) is 10.6. The number of carbonyl (C=O) groups is 1. The Balaban J connectivity index is 0.00000264. The molecule has 1 aromatic carbocycles. The molecule has 6 heteroatoms. The Hall–Kier alpha value is -1.14. The highest BCUT2D eigenvalue weighted by molar-refractivity contribution is 5.85. The van der Waals surface area contributed by atoms with Gasteiger partial charge in [-0.15, -0.1) is 12.4 Å². The molecule has 1 atom stereocenters. The Labute approximate surface area is 145 Å². The smallest absolute Gasteiger partial charge is 0.225 e. The lowest BCUT2D eigenvalue weighted by atomic mass is 10.1. The molecule has 1 aromatic rings. The summed E-state index contributed by atoms with van der Waals surface area (Å²) in [6.45, 7) is 4.59. The van der Waals surface area contributed by atoms with Gasteiger partial charge in [0.1, 0.15) is 0 Å². The molecule has 1 saturated heterocycles. The molecule has 2 rings (SSSR count). The van der Waals surface area contributed by atoms with Crippen LogP contribution < -0.4 is 5.32 Å². The minimum absolute atomic E-state index is 0. The quantitative estimate of drug-likeness (QED) is 0.813. The number of nitrogens with one attached hydrogen (secondary N) is 1. The van der Waals surface area contributed by atoms with Gasteiger partial charge in [0, 0.05) is 32.7 Å². The number of likely N-dealkylation sites (N-methyl/N-ethyl adjacent to an activating group) is 1. The number of halogens is 1. The van der Waals surface area contributed by atoms with E-state index in [1.54, 1.807) is 0 Å². The molecule has 1 aliphatic rings. The molecule has 1 fully saturated rings. The normalized spacial score (nSPS) is 17.6. The van der Waals surface area contributed by atoms with Crippen LogP contribution in [0.5, 0.6) is 0 Å². The third kappa shape index (κ3) is 7.31. The first-order chi connectivity index (χ1) is 10.6. The number of ether oxygens (including phenoxy) is 1. The van der Waals surface area contributed by atoms with E-state index in [2.05, 4.69) is 22.3 Å². The summed E-state index contributed by atoms with van der Waals surface area (Å²) in [4.78, 5) is 16.7. The second-order valence-electron chi connectivity index (χ2n) is 6.01. The van der Waals surface area contributed by atoms with Crippen molar-refractivity contribution in [3.8, 4) is 0 Å². The maximum absolute atomic E-state index is 12.6. The van der Waals surface area contributed by atoms with Crippen molar-refractivity contribution in [2.45, 2.75) is 19.1 Å². The third-order valence-electron chi connectivity index (χ3n) is 3.79. The highest BCUT2D eigenvalue weighted by Crippen LogP contribution is 2.10. The summed E-state index contributed by atoms with van der Waals surface area (Å²) in [5.41, 5.74) is 1.16. The molecule has 0 saturated carbocycles. The zero-order chi connectivity index (χ0) is 15.8. The largest absolute Gasteiger partial charge is 0.375 e. The third-order valence-corrected chi connectivity index (χ3v) is 3.79. The van der Waals surface area contributed by atoms with E-state index in [0.717, 1.165) is 31.7 Å². The van der Waals surface area contributed by atoms with Crippen LogP contribution in [0.4, 0.5) is 0 Å². The Kier molecular flexibility index (Phi) is 9.17. The van der Waals surface area contributed by atoms with E-state index >= 15 is 0 Å². The molecular weight excluding hydrogens is 314 g/mol. The van der Waals surface area contributed by atoms with Crippen molar-refractivity contribution in [3.05, 3.63) is 35.9 Å². The van der Waals surface area contributed by atoms with Gasteiger partial charge in [-0.05, 0) is 19.7 Å². The van der Waals surface area contributed by atoms with Gasteiger partial charge in [-0.25, -0.2) is 0 Å². The molecule has 1 heterocycles. The zero-order valence-corrected chi connectivity index (χ0v) is 14.8. The maximum Gasteiger partial charge on any atom is 0.225 e. The number of amides is 1. The minimum Gasteiger partial charge on any atom is -0.375 e. The number of benzene rings is 1. The fourth-order valence-corrected chi connectivity index (χ4v) is 2.49. The Morgan fingerprint density at radius 3 is 2.61 bits per heavy atom. The van der Waals surface area contributed by atoms with Crippen LogP contribution in [0.25, 0.3) is 0 Å². The average molecular weight is 342 g/mol. The van der Waals surface area contributed by atoms with Gasteiger partial charge in [0.05, 0.1) is 19.1 Å². The molecule has 0 bridgehead atoms. The van der Waals surface area contributed by atoms with Crippen LogP contribution in [0, 0.1) is 0 Å². The molecule has 23 heavy (non-hydrogen) atoms. The molecular formula is C17H28ClN3O2. The van der Waals surface area contributed by atoms with Crippen molar-refractivity contribution < 1.29 is 9.53 Å². The van der Waals surface area contributed by atoms with Crippen LogP contribution in [0.2, 0.25) is 0 Å². The van der Waals surface area contributed by atoms with Crippen LogP contribution in [0.1, 0.15) is 12.0 Å². The van der Waals surface area contributed by atoms with Gasteiger partial charge in [-0.3, -0.25) is 4.79 Å². The van der Waals surface area contributed by atoms with Gasteiger partial charge in [-0.2, -0.15) is 0 Å². The van der Waals surface area contributed by atoms with Gasteiger partial charge in [0.15, 0.2) is 0 Å². The average Bonchev–Trinajstić information content (AvgIpc) is 2.53. The highest BCUT2D eigenvalue weighted by atomic mass is 35.5. The van der Waals surface area contributed by atoms with E-state index in [0.29, 0.717) is 19.6 Å². The van der Waals surface area contributed by atoms with Crippen LogP contribution in [-0.4, -0.2) is 68.7 Å². The zero-order valence-electron chi connectivity index (χ0n) is 14.0. The molecule has 130 valence electrons. The number of hydrogen-bond donors (Lipinski definition) is 1.